The number of nitrogens with zero attached hydrogens (tertiary/aromatic N) is 1. The van der Waals surface area contributed by atoms with E-state index in [-0.39, 0.29) is 16.3 Å². The van der Waals surface area contributed by atoms with E-state index in [2.05, 4.69) is 0 Å². The highest BCUT2D eigenvalue weighted by molar-refractivity contribution is 7.89. The van der Waals surface area contributed by atoms with E-state index in [1.165, 1.54) is 19.1 Å². The number of piperidine rings is 1. The molecule has 1 fully saturated rings. The zero-order chi connectivity index (χ0) is 16.7. The van der Waals surface area contributed by atoms with Gasteiger partial charge in [-0.3, -0.25) is 0 Å². The third-order valence-electron chi connectivity index (χ3n) is 3.69. The lowest BCUT2D eigenvalue weighted by atomic mass is 10.0. The quantitative estimate of drug-likeness (QED) is 0.840. The van der Waals surface area contributed by atoms with Gasteiger partial charge in [0.25, 0.3) is 0 Å². The molecule has 4 nitrogen and oxygen atoms in total. The molecule has 1 aromatic carbocycles. The predicted octanol–water partition coefficient (Wildman–Crippen LogP) is 2.18. The summed E-state index contributed by atoms with van der Waals surface area (Å²) in [6.45, 7) is 0.859. The number of rotatable bonds is 2. The first kappa shape index (κ1) is 17.2. The molecule has 2 rings (SSSR count). The number of sulfonamides is 1. The fourth-order valence-corrected chi connectivity index (χ4v) is 4.34. The van der Waals surface area contributed by atoms with E-state index >= 15 is 0 Å². The second-order valence-corrected chi connectivity index (χ2v) is 7.22. The Morgan fingerprint density at radius 2 is 1.91 bits per heavy atom. The van der Waals surface area contributed by atoms with Gasteiger partial charge in [0.1, 0.15) is 16.8 Å². The standard InChI is InChI=1S/C13H16F4N2O2S/c1-8-3-2-4-10(12(8)14)22(20,21)19-7-9(18)5-6-11(19)13(15,16)17/h2-4,9,11H,5-7,18H2,1H3. The van der Waals surface area contributed by atoms with Crippen molar-refractivity contribution < 1.29 is 26.0 Å². The molecule has 2 unspecified atom stereocenters. The fraction of sp³-hybridized carbons (Fsp3) is 0.538. The molecular formula is C13H16F4N2O2S. The molecule has 2 N–H and O–H groups in total. The highest BCUT2D eigenvalue weighted by Gasteiger charge is 2.50. The molecule has 1 aromatic rings. The molecule has 2 atom stereocenters. The van der Waals surface area contributed by atoms with Gasteiger partial charge in [-0.1, -0.05) is 12.1 Å². The monoisotopic (exact) mass is 340 g/mol. The summed E-state index contributed by atoms with van der Waals surface area (Å²) in [4.78, 5) is -0.754. The molecule has 124 valence electrons. The molecule has 1 saturated heterocycles. The Morgan fingerprint density at radius 3 is 2.50 bits per heavy atom. The summed E-state index contributed by atoms with van der Waals surface area (Å²) in [5.74, 6) is -1.04. The first-order chi connectivity index (χ1) is 10.0. The van der Waals surface area contributed by atoms with E-state index in [0.717, 1.165) is 6.07 Å². The van der Waals surface area contributed by atoms with Gasteiger partial charge in [-0.05, 0) is 31.4 Å². The van der Waals surface area contributed by atoms with Crippen molar-refractivity contribution in [3.05, 3.63) is 29.6 Å². The number of hydrogen-bond acceptors (Lipinski definition) is 3. The van der Waals surface area contributed by atoms with Crippen molar-refractivity contribution in [3.8, 4) is 0 Å². The van der Waals surface area contributed by atoms with Gasteiger partial charge < -0.3 is 5.73 Å². The summed E-state index contributed by atoms with van der Waals surface area (Å²) in [5, 5.41) is 0. The largest absolute Gasteiger partial charge is 0.405 e. The van der Waals surface area contributed by atoms with Crippen LogP contribution in [0.5, 0.6) is 0 Å². The van der Waals surface area contributed by atoms with Gasteiger partial charge in [0.05, 0.1) is 0 Å². The minimum Gasteiger partial charge on any atom is -0.327 e. The van der Waals surface area contributed by atoms with Crippen LogP contribution >= 0.6 is 0 Å². The molecule has 0 saturated carbocycles. The lowest BCUT2D eigenvalue weighted by Crippen LogP contribution is -2.56. The summed E-state index contributed by atoms with van der Waals surface area (Å²) >= 11 is 0. The minimum atomic E-state index is -4.73. The number of nitrogens with two attached hydrogens (primary N) is 1. The zero-order valence-electron chi connectivity index (χ0n) is 11.8. The summed E-state index contributed by atoms with van der Waals surface area (Å²) in [6, 6.07) is 0.707. The van der Waals surface area contributed by atoms with Crippen LogP contribution in [0.3, 0.4) is 0 Å². The van der Waals surface area contributed by atoms with Crippen LogP contribution in [0, 0.1) is 12.7 Å². The van der Waals surface area contributed by atoms with Gasteiger partial charge in [0.2, 0.25) is 10.0 Å². The van der Waals surface area contributed by atoms with E-state index in [1.807, 2.05) is 0 Å². The lowest BCUT2D eigenvalue weighted by Gasteiger charge is -2.38. The van der Waals surface area contributed by atoms with Crippen LogP contribution in [0.4, 0.5) is 17.6 Å². The molecular weight excluding hydrogens is 324 g/mol. The van der Waals surface area contributed by atoms with Crippen LogP contribution in [0.15, 0.2) is 23.1 Å². The summed E-state index contributed by atoms with van der Waals surface area (Å²) in [5.41, 5.74) is 5.65. The number of benzene rings is 1. The highest BCUT2D eigenvalue weighted by Crippen LogP contribution is 2.35. The third kappa shape index (κ3) is 3.11. The second kappa shape index (κ2) is 5.78. The van der Waals surface area contributed by atoms with Crippen LogP contribution in [0.25, 0.3) is 0 Å². The van der Waals surface area contributed by atoms with Crippen molar-refractivity contribution in [2.75, 3.05) is 6.54 Å². The first-order valence-corrected chi connectivity index (χ1v) is 8.08. The average Bonchev–Trinajstić information content (AvgIpc) is 2.40. The summed E-state index contributed by atoms with van der Waals surface area (Å²) < 4.78 is 78.6. The first-order valence-electron chi connectivity index (χ1n) is 6.64. The van der Waals surface area contributed by atoms with Gasteiger partial charge in [-0.15, -0.1) is 0 Å². The normalized spacial score (nSPS) is 24.5. The number of halogens is 4. The SMILES string of the molecule is Cc1cccc(S(=O)(=O)N2CC(N)CCC2C(F)(F)F)c1F. The Labute approximate surface area is 126 Å². The van der Waals surface area contributed by atoms with E-state index in [9.17, 15) is 26.0 Å². The molecule has 1 aliphatic rings. The van der Waals surface area contributed by atoms with Crippen molar-refractivity contribution >= 4 is 10.0 Å². The molecule has 1 aliphatic heterocycles. The predicted molar refractivity (Wildman–Crippen MR) is 72.1 cm³/mol. The Hall–Kier alpha value is -1.19. The van der Waals surface area contributed by atoms with Gasteiger partial charge in [-0.2, -0.15) is 17.5 Å². The number of alkyl halides is 3. The van der Waals surface area contributed by atoms with Crippen LogP contribution in [0.2, 0.25) is 0 Å². The molecule has 0 aromatic heterocycles. The average molecular weight is 340 g/mol. The highest BCUT2D eigenvalue weighted by atomic mass is 32.2. The molecule has 0 radical (unpaired) electrons. The summed E-state index contributed by atoms with van der Waals surface area (Å²) in [7, 11) is -4.62. The fourth-order valence-electron chi connectivity index (χ4n) is 2.50. The molecule has 0 aliphatic carbocycles. The van der Waals surface area contributed by atoms with Crippen molar-refractivity contribution in [2.24, 2.45) is 5.73 Å². The maximum Gasteiger partial charge on any atom is 0.405 e. The Morgan fingerprint density at radius 1 is 1.27 bits per heavy atom. The van der Waals surface area contributed by atoms with Gasteiger partial charge in [0, 0.05) is 12.6 Å². The number of aryl methyl sites for hydroxylation is 1. The van der Waals surface area contributed by atoms with Crippen molar-refractivity contribution in [1.82, 2.24) is 4.31 Å². The summed E-state index contributed by atoms with van der Waals surface area (Å²) in [6.07, 6.45) is -5.10. The van der Waals surface area contributed by atoms with E-state index in [1.54, 1.807) is 0 Å². The smallest absolute Gasteiger partial charge is 0.327 e. The molecule has 0 amide bonds. The van der Waals surface area contributed by atoms with E-state index < -0.39 is 52.0 Å². The second-order valence-electron chi connectivity index (χ2n) is 5.36. The Bertz CT molecular complexity index is 660. The van der Waals surface area contributed by atoms with Gasteiger partial charge in [0.15, 0.2) is 0 Å². The van der Waals surface area contributed by atoms with E-state index in [0.29, 0.717) is 0 Å². The van der Waals surface area contributed by atoms with Crippen LogP contribution < -0.4 is 5.73 Å². The molecule has 0 spiro atoms. The van der Waals surface area contributed by atoms with E-state index in [4.69, 9.17) is 5.73 Å². The van der Waals surface area contributed by atoms with Gasteiger partial charge >= 0.3 is 6.18 Å². The van der Waals surface area contributed by atoms with Crippen LogP contribution in [-0.2, 0) is 10.0 Å². The maximum absolute atomic E-state index is 14.1. The molecule has 22 heavy (non-hydrogen) atoms. The minimum absolute atomic E-state index is 0.0472. The molecule has 9 heteroatoms. The zero-order valence-corrected chi connectivity index (χ0v) is 12.6. The molecule has 0 bridgehead atoms. The lowest BCUT2D eigenvalue weighted by molar-refractivity contribution is -0.178. The van der Waals surface area contributed by atoms with Crippen molar-refractivity contribution in [3.63, 3.8) is 0 Å². The topological polar surface area (TPSA) is 63.4 Å². The molecule has 1 heterocycles. The Balaban J connectivity index is 2.51. The maximum atomic E-state index is 14.1. The van der Waals surface area contributed by atoms with Crippen LogP contribution in [0.1, 0.15) is 18.4 Å². The number of hydrogen-bond donors (Lipinski definition) is 1. The third-order valence-corrected chi connectivity index (χ3v) is 5.59. The van der Waals surface area contributed by atoms with Gasteiger partial charge in [-0.25, -0.2) is 12.8 Å². The van der Waals surface area contributed by atoms with Crippen LogP contribution in [-0.4, -0.2) is 37.5 Å². The van der Waals surface area contributed by atoms with Crippen molar-refractivity contribution in [2.45, 2.75) is 42.9 Å². The Kier molecular flexibility index (Phi) is 4.51. The van der Waals surface area contributed by atoms with Crippen molar-refractivity contribution in [1.29, 1.82) is 0 Å².